The van der Waals surface area contributed by atoms with Crippen LogP contribution in [0.1, 0.15) is 30.9 Å². The van der Waals surface area contributed by atoms with E-state index in [1.165, 1.54) is 5.56 Å². The van der Waals surface area contributed by atoms with E-state index in [0.29, 0.717) is 18.6 Å². The summed E-state index contributed by atoms with van der Waals surface area (Å²) < 4.78 is 5.47. The minimum absolute atomic E-state index is 0.0508. The SMILES string of the molecule is CCN(C1CCOCC1)C1CN(C(=O)NCc2ccc(C)cc2)C1. The predicted molar refractivity (Wildman–Crippen MR) is 95.0 cm³/mol. The lowest BCUT2D eigenvalue weighted by Gasteiger charge is -2.48. The third kappa shape index (κ3) is 4.08. The van der Waals surface area contributed by atoms with Crippen LogP contribution in [0, 0.1) is 6.92 Å². The highest BCUT2D eigenvalue weighted by Gasteiger charge is 2.37. The van der Waals surface area contributed by atoms with Crippen molar-refractivity contribution in [3.8, 4) is 0 Å². The van der Waals surface area contributed by atoms with Gasteiger partial charge in [0.1, 0.15) is 0 Å². The molecule has 1 aromatic rings. The highest BCUT2D eigenvalue weighted by atomic mass is 16.5. The predicted octanol–water partition coefficient (Wildman–Crippen LogP) is 2.39. The van der Waals surface area contributed by atoms with Gasteiger partial charge in [-0.25, -0.2) is 4.79 Å². The van der Waals surface area contributed by atoms with E-state index in [9.17, 15) is 4.79 Å². The Labute approximate surface area is 145 Å². The molecule has 2 aliphatic rings. The van der Waals surface area contributed by atoms with Gasteiger partial charge < -0.3 is 15.0 Å². The molecule has 5 heteroatoms. The van der Waals surface area contributed by atoms with Crippen LogP contribution >= 0.6 is 0 Å². The Morgan fingerprint density at radius 3 is 2.50 bits per heavy atom. The number of likely N-dealkylation sites (N-methyl/N-ethyl adjacent to an activating group) is 1. The van der Waals surface area contributed by atoms with Crippen molar-refractivity contribution in [1.29, 1.82) is 0 Å². The minimum Gasteiger partial charge on any atom is -0.381 e. The fourth-order valence-corrected chi connectivity index (χ4v) is 3.66. The molecule has 0 saturated carbocycles. The summed E-state index contributed by atoms with van der Waals surface area (Å²) in [5.41, 5.74) is 2.38. The van der Waals surface area contributed by atoms with Crippen molar-refractivity contribution >= 4 is 6.03 Å². The molecule has 3 rings (SSSR count). The van der Waals surface area contributed by atoms with E-state index in [0.717, 1.165) is 51.3 Å². The monoisotopic (exact) mass is 331 g/mol. The summed E-state index contributed by atoms with van der Waals surface area (Å²) in [6, 6.07) is 9.46. The van der Waals surface area contributed by atoms with Crippen LogP contribution in [0.5, 0.6) is 0 Å². The average molecular weight is 331 g/mol. The second-order valence-corrected chi connectivity index (χ2v) is 6.88. The van der Waals surface area contributed by atoms with Crippen LogP contribution in [0.4, 0.5) is 4.79 Å². The second kappa shape index (κ2) is 7.99. The molecule has 1 N–H and O–H groups in total. The normalized spacial score (nSPS) is 19.4. The molecule has 0 atom stereocenters. The Morgan fingerprint density at radius 1 is 1.21 bits per heavy atom. The topological polar surface area (TPSA) is 44.8 Å². The third-order valence-corrected chi connectivity index (χ3v) is 5.21. The van der Waals surface area contributed by atoms with Gasteiger partial charge in [0, 0.05) is 44.9 Å². The number of hydrogen-bond donors (Lipinski definition) is 1. The number of likely N-dealkylation sites (tertiary alicyclic amines) is 1. The molecular weight excluding hydrogens is 302 g/mol. The summed E-state index contributed by atoms with van der Waals surface area (Å²) in [5.74, 6) is 0. The van der Waals surface area contributed by atoms with Gasteiger partial charge in [0.15, 0.2) is 0 Å². The number of rotatable bonds is 5. The standard InChI is InChI=1S/C19H29N3O2/c1-3-22(17-8-10-24-11-9-17)18-13-21(14-18)19(23)20-12-16-6-4-15(2)5-7-16/h4-7,17-18H,3,8-14H2,1-2H3,(H,20,23). The Hall–Kier alpha value is -1.59. The van der Waals surface area contributed by atoms with Crippen molar-refractivity contribution in [3.05, 3.63) is 35.4 Å². The van der Waals surface area contributed by atoms with Gasteiger partial charge in [0.2, 0.25) is 0 Å². The largest absolute Gasteiger partial charge is 0.381 e. The van der Waals surface area contributed by atoms with Crippen molar-refractivity contribution in [2.24, 2.45) is 0 Å². The maximum Gasteiger partial charge on any atom is 0.317 e. The first-order valence-electron chi connectivity index (χ1n) is 9.09. The molecule has 2 aliphatic heterocycles. The van der Waals surface area contributed by atoms with Gasteiger partial charge in [-0.3, -0.25) is 4.90 Å². The maximum absolute atomic E-state index is 12.3. The highest BCUT2D eigenvalue weighted by molar-refractivity contribution is 5.75. The number of hydrogen-bond acceptors (Lipinski definition) is 3. The third-order valence-electron chi connectivity index (χ3n) is 5.21. The molecule has 0 unspecified atom stereocenters. The Morgan fingerprint density at radius 2 is 1.88 bits per heavy atom. The first kappa shape index (κ1) is 17.2. The lowest BCUT2D eigenvalue weighted by molar-refractivity contribution is -0.0163. The van der Waals surface area contributed by atoms with Gasteiger partial charge >= 0.3 is 6.03 Å². The van der Waals surface area contributed by atoms with Crippen molar-refractivity contribution < 1.29 is 9.53 Å². The van der Waals surface area contributed by atoms with Crippen molar-refractivity contribution in [3.63, 3.8) is 0 Å². The number of carbonyl (C=O) groups is 1. The summed E-state index contributed by atoms with van der Waals surface area (Å²) in [5, 5.41) is 3.03. The summed E-state index contributed by atoms with van der Waals surface area (Å²) in [4.78, 5) is 16.8. The van der Waals surface area contributed by atoms with Gasteiger partial charge in [-0.2, -0.15) is 0 Å². The first-order valence-corrected chi connectivity index (χ1v) is 9.09. The van der Waals surface area contributed by atoms with Gasteiger partial charge in [-0.15, -0.1) is 0 Å². The van der Waals surface area contributed by atoms with Crippen molar-refractivity contribution in [1.82, 2.24) is 15.1 Å². The number of ether oxygens (including phenoxy) is 1. The van der Waals surface area contributed by atoms with E-state index >= 15 is 0 Å². The van der Waals surface area contributed by atoms with Gasteiger partial charge in [0.05, 0.1) is 0 Å². The smallest absolute Gasteiger partial charge is 0.317 e. The highest BCUT2D eigenvalue weighted by Crippen LogP contribution is 2.22. The Balaban J connectivity index is 1.43. The number of nitrogens with one attached hydrogen (secondary N) is 1. The molecule has 5 nitrogen and oxygen atoms in total. The van der Waals surface area contributed by atoms with Crippen molar-refractivity contribution in [2.75, 3.05) is 32.8 Å². The number of nitrogens with zero attached hydrogens (tertiary/aromatic N) is 2. The summed E-state index contributed by atoms with van der Waals surface area (Å²) >= 11 is 0. The Bertz CT molecular complexity index is 534. The number of benzene rings is 1. The minimum atomic E-state index is 0.0508. The first-order chi connectivity index (χ1) is 11.7. The number of aryl methyl sites for hydroxylation is 1. The van der Waals surface area contributed by atoms with Crippen LogP contribution in [-0.2, 0) is 11.3 Å². The summed E-state index contributed by atoms with van der Waals surface area (Å²) in [7, 11) is 0. The molecule has 2 amide bonds. The molecular formula is C19H29N3O2. The van der Waals surface area contributed by atoms with E-state index in [4.69, 9.17) is 4.74 Å². The Kier molecular flexibility index (Phi) is 5.74. The van der Waals surface area contributed by atoms with Gasteiger partial charge in [0.25, 0.3) is 0 Å². The molecule has 2 heterocycles. The average Bonchev–Trinajstić information content (AvgIpc) is 2.57. The fourth-order valence-electron chi connectivity index (χ4n) is 3.66. The molecule has 2 saturated heterocycles. The summed E-state index contributed by atoms with van der Waals surface area (Å²) in [6.45, 7) is 9.35. The summed E-state index contributed by atoms with van der Waals surface area (Å²) in [6.07, 6.45) is 2.23. The molecule has 0 spiro atoms. The van der Waals surface area contributed by atoms with E-state index in [1.807, 2.05) is 4.90 Å². The zero-order valence-electron chi connectivity index (χ0n) is 14.8. The molecule has 0 radical (unpaired) electrons. The van der Waals surface area contributed by atoms with Crippen LogP contribution in [-0.4, -0.2) is 60.8 Å². The van der Waals surface area contributed by atoms with E-state index in [1.54, 1.807) is 0 Å². The fraction of sp³-hybridized carbons (Fsp3) is 0.632. The molecule has 0 aromatic heterocycles. The van der Waals surface area contributed by atoms with Crippen molar-refractivity contribution in [2.45, 2.75) is 45.3 Å². The molecule has 0 aliphatic carbocycles. The maximum atomic E-state index is 12.3. The molecule has 24 heavy (non-hydrogen) atoms. The van der Waals surface area contributed by atoms with Crippen LogP contribution in [0.25, 0.3) is 0 Å². The number of carbonyl (C=O) groups excluding carboxylic acids is 1. The second-order valence-electron chi connectivity index (χ2n) is 6.88. The zero-order valence-corrected chi connectivity index (χ0v) is 14.8. The van der Waals surface area contributed by atoms with Crippen LogP contribution in [0.3, 0.4) is 0 Å². The lowest BCUT2D eigenvalue weighted by Crippen LogP contribution is -2.64. The molecule has 132 valence electrons. The quantitative estimate of drug-likeness (QED) is 0.901. The number of amides is 2. The van der Waals surface area contributed by atoms with E-state index in [2.05, 4.69) is 48.3 Å². The van der Waals surface area contributed by atoms with Crippen LogP contribution in [0.15, 0.2) is 24.3 Å². The number of urea groups is 1. The van der Waals surface area contributed by atoms with Crippen LogP contribution in [0.2, 0.25) is 0 Å². The van der Waals surface area contributed by atoms with Gasteiger partial charge in [-0.1, -0.05) is 36.8 Å². The van der Waals surface area contributed by atoms with E-state index < -0.39 is 0 Å². The van der Waals surface area contributed by atoms with Gasteiger partial charge in [-0.05, 0) is 31.9 Å². The zero-order chi connectivity index (χ0) is 16.9. The molecule has 1 aromatic carbocycles. The molecule has 0 bridgehead atoms. The lowest BCUT2D eigenvalue weighted by atomic mass is 10.0. The van der Waals surface area contributed by atoms with Crippen LogP contribution < -0.4 is 5.32 Å². The van der Waals surface area contributed by atoms with E-state index in [-0.39, 0.29) is 6.03 Å². The molecule has 2 fully saturated rings.